The summed E-state index contributed by atoms with van der Waals surface area (Å²) >= 11 is 5.66. The van der Waals surface area contributed by atoms with Crippen molar-refractivity contribution in [2.24, 2.45) is 0 Å². The lowest BCUT2D eigenvalue weighted by molar-refractivity contribution is -0.133. The van der Waals surface area contributed by atoms with E-state index < -0.39 is 17.7 Å². The normalized spacial score (nSPS) is 10.9. The summed E-state index contributed by atoms with van der Waals surface area (Å²) in [5, 5.41) is 2.34. The molecule has 1 amide bonds. The molecule has 5 nitrogen and oxygen atoms in total. The molecule has 6 heteroatoms. The van der Waals surface area contributed by atoms with E-state index in [2.05, 4.69) is 5.32 Å². The second-order valence-corrected chi connectivity index (χ2v) is 5.79. The molecule has 0 radical (unpaired) electrons. The van der Waals surface area contributed by atoms with E-state index in [0.717, 1.165) is 5.56 Å². The molecule has 116 valence electrons. The molecule has 0 heterocycles. The molecule has 1 rings (SSSR count). The third kappa shape index (κ3) is 7.56. The molecule has 0 atom stereocenters. The number of alkyl halides is 1. The van der Waals surface area contributed by atoms with Crippen LogP contribution < -0.4 is 10.1 Å². The third-order valence-corrected chi connectivity index (χ3v) is 2.48. The maximum absolute atomic E-state index is 11.6. The molecule has 0 fully saturated rings. The van der Waals surface area contributed by atoms with Crippen LogP contribution in [0.25, 0.3) is 0 Å². The van der Waals surface area contributed by atoms with Gasteiger partial charge in [-0.05, 0) is 44.9 Å². The second-order valence-electron chi connectivity index (χ2n) is 5.42. The summed E-state index contributed by atoms with van der Waals surface area (Å²) < 4.78 is 10.1. The van der Waals surface area contributed by atoms with E-state index in [9.17, 15) is 9.59 Å². The molecule has 0 aliphatic carbocycles. The van der Waals surface area contributed by atoms with E-state index in [0.29, 0.717) is 18.1 Å². The molecule has 0 saturated heterocycles. The number of carbonyl (C=O) groups is 2. The monoisotopic (exact) mass is 313 g/mol. The van der Waals surface area contributed by atoms with E-state index in [-0.39, 0.29) is 6.54 Å². The molecule has 1 aromatic carbocycles. The fourth-order valence-corrected chi connectivity index (χ4v) is 1.72. The lowest BCUT2D eigenvalue weighted by atomic mass is 10.2. The molecular formula is C15H20ClNO4. The van der Waals surface area contributed by atoms with Crippen molar-refractivity contribution < 1.29 is 19.1 Å². The largest absolute Gasteiger partial charge is 0.444 e. The summed E-state index contributed by atoms with van der Waals surface area (Å²) in [6.07, 6.45) is 0.0404. The molecule has 0 aromatic heterocycles. The van der Waals surface area contributed by atoms with Crippen LogP contribution in [0.5, 0.6) is 5.75 Å². The Morgan fingerprint density at radius 2 is 2.00 bits per heavy atom. The highest BCUT2D eigenvalue weighted by molar-refractivity contribution is 6.17. The first-order valence-electron chi connectivity index (χ1n) is 6.62. The van der Waals surface area contributed by atoms with Crippen LogP contribution in [0.1, 0.15) is 26.3 Å². The Hall–Kier alpha value is -1.75. The smallest absolute Gasteiger partial charge is 0.408 e. The van der Waals surface area contributed by atoms with Crippen molar-refractivity contribution in [3.05, 3.63) is 29.8 Å². The average Bonchev–Trinajstić information content (AvgIpc) is 2.35. The van der Waals surface area contributed by atoms with Gasteiger partial charge in [0.15, 0.2) is 0 Å². The van der Waals surface area contributed by atoms with Gasteiger partial charge < -0.3 is 14.8 Å². The SMILES string of the molecule is CC(C)(C)OC(=O)NCC(=O)Oc1cccc(CCCl)c1. The van der Waals surface area contributed by atoms with Crippen LogP contribution in [-0.2, 0) is 16.0 Å². The molecule has 0 aliphatic rings. The summed E-state index contributed by atoms with van der Waals surface area (Å²) in [5.41, 5.74) is 0.375. The van der Waals surface area contributed by atoms with Crippen molar-refractivity contribution in [1.29, 1.82) is 0 Å². The maximum Gasteiger partial charge on any atom is 0.408 e. The van der Waals surface area contributed by atoms with Crippen molar-refractivity contribution in [3.8, 4) is 5.75 Å². The van der Waals surface area contributed by atoms with Gasteiger partial charge >= 0.3 is 12.1 Å². The van der Waals surface area contributed by atoms with Gasteiger partial charge in [0.25, 0.3) is 0 Å². The van der Waals surface area contributed by atoms with Crippen molar-refractivity contribution >= 4 is 23.7 Å². The van der Waals surface area contributed by atoms with Crippen molar-refractivity contribution in [1.82, 2.24) is 5.32 Å². The van der Waals surface area contributed by atoms with Crippen molar-refractivity contribution in [3.63, 3.8) is 0 Å². The summed E-state index contributed by atoms with van der Waals surface area (Å²) in [6.45, 7) is 4.97. The topological polar surface area (TPSA) is 64.6 Å². The van der Waals surface area contributed by atoms with Crippen LogP contribution in [0.3, 0.4) is 0 Å². The van der Waals surface area contributed by atoms with Crippen LogP contribution >= 0.6 is 11.6 Å². The number of amides is 1. The van der Waals surface area contributed by atoms with Gasteiger partial charge in [-0.3, -0.25) is 0 Å². The van der Waals surface area contributed by atoms with Gasteiger partial charge in [-0.25, -0.2) is 9.59 Å². The van der Waals surface area contributed by atoms with E-state index in [4.69, 9.17) is 21.1 Å². The summed E-state index contributed by atoms with van der Waals surface area (Å²) in [4.78, 5) is 23.0. The molecule has 21 heavy (non-hydrogen) atoms. The number of esters is 1. The summed E-state index contributed by atoms with van der Waals surface area (Å²) in [5.74, 6) is 0.356. The Labute approximate surface area is 129 Å². The minimum atomic E-state index is -0.657. The average molecular weight is 314 g/mol. The van der Waals surface area contributed by atoms with Gasteiger partial charge in [0.05, 0.1) is 0 Å². The quantitative estimate of drug-likeness (QED) is 0.516. The Balaban J connectivity index is 2.43. The molecule has 0 spiro atoms. The van der Waals surface area contributed by atoms with Gasteiger partial charge in [-0.2, -0.15) is 0 Å². The highest BCUT2D eigenvalue weighted by Crippen LogP contribution is 2.14. The van der Waals surface area contributed by atoms with Gasteiger partial charge in [-0.15, -0.1) is 11.6 Å². The first kappa shape index (κ1) is 17.3. The third-order valence-electron chi connectivity index (χ3n) is 2.29. The predicted molar refractivity (Wildman–Crippen MR) is 80.7 cm³/mol. The number of benzene rings is 1. The Morgan fingerprint density at radius 1 is 1.29 bits per heavy atom. The van der Waals surface area contributed by atoms with Crippen LogP contribution in [0.2, 0.25) is 0 Å². The van der Waals surface area contributed by atoms with E-state index in [1.165, 1.54) is 0 Å². The number of rotatable bonds is 5. The predicted octanol–water partition coefficient (Wildman–Crippen LogP) is 2.90. The lowest BCUT2D eigenvalue weighted by Gasteiger charge is -2.19. The van der Waals surface area contributed by atoms with Crippen molar-refractivity contribution in [2.75, 3.05) is 12.4 Å². The number of aryl methyl sites for hydroxylation is 1. The second kappa shape index (κ2) is 7.88. The van der Waals surface area contributed by atoms with Crippen LogP contribution in [-0.4, -0.2) is 30.1 Å². The first-order valence-corrected chi connectivity index (χ1v) is 7.16. The van der Waals surface area contributed by atoms with E-state index >= 15 is 0 Å². The highest BCUT2D eigenvalue weighted by Gasteiger charge is 2.17. The molecule has 0 saturated carbocycles. The summed E-state index contributed by atoms with van der Waals surface area (Å²) in [6, 6.07) is 7.10. The molecule has 0 unspecified atom stereocenters. The molecule has 0 aliphatic heterocycles. The van der Waals surface area contributed by atoms with Crippen LogP contribution in [0.15, 0.2) is 24.3 Å². The number of nitrogens with one attached hydrogen (secondary N) is 1. The standard InChI is InChI=1S/C15H20ClNO4/c1-15(2,3)21-14(19)17-10-13(18)20-12-6-4-5-11(9-12)7-8-16/h4-6,9H,7-8,10H2,1-3H3,(H,17,19). The minimum absolute atomic E-state index is 0.255. The number of alkyl carbamates (subject to hydrolysis) is 1. The minimum Gasteiger partial charge on any atom is -0.444 e. The zero-order valence-corrected chi connectivity index (χ0v) is 13.2. The van der Waals surface area contributed by atoms with Crippen LogP contribution in [0, 0.1) is 0 Å². The van der Waals surface area contributed by atoms with Crippen molar-refractivity contribution in [2.45, 2.75) is 32.8 Å². The van der Waals surface area contributed by atoms with Gasteiger partial charge in [0.2, 0.25) is 0 Å². The Kier molecular flexibility index (Phi) is 6.49. The molecular weight excluding hydrogens is 294 g/mol. The molecule has 1 N–H and O–H groups in total. The summed E-state index contributed by atoms with van der Waals surface area (Å²) in [7, 11) is 0. The lowest BCUT2D eigenvalue weighted by Crippen LogP contribution is -2.36. The van der Waals surface area contributed by atoms with E-state index in [1.54, 1.807) is 39.0 Å². The molecule has 0 bridgehead atoms. The Bertz CT molecular complexity index is 497. The van der Waals surface area contributed by atoms with Crippen LogP contribution in [0.4, 0.5) is 4.79 Å². The number of hydrogen-bond donors (Lipinski definition) is 1. The molecule has 1 aromatic rings. The maximum atomic E-state index is 11.6. The van der Waals surface area contributed by atoms with Gasteiger partial charge in [0, 0.05) is 5.88 Å². The number of halogens is 1. The fourth-order valence-electron chi connectivity index (χ4n) is 1.50. The van der Waals surface area contributed by atoms with Gasteiger partial charge in [0.1, 0.15) is 17.9 Å². The zero-order valence-electron chi connectivity index (χ0n) is 12.4. The van der Waals surface area contributed by atoms with Gasteiger partial charge in [-0.1, -0.05) is 12.1 Å². The number of carbonyl (C=O) groups excluding carboxylic acids is 2. The Morgan fingerprint density at radius 3 is 2.62 bits per heavy atom. The first-order chi connectivity index (χ1) is 9.80. The highest BCUT2D eigenvalue weighted by atomic mass is 35.5. The number of ether oxygens (including phenoxy) is 2. The number of hydrogen-bond acceptors (Lipinski definition) is 4. The zero-order chi connectivity index (χ0) is 15.9. The van der Waals surface area contributed by atoms with E-state index in [1.807, 2.05) is 6.07 Å². The fraction of sp³-hybridized carbons (Fsp3) is 0.467.